The van der Waals surface area contributed by atoms with Crippen LogP contribution < -0.4 is 10.5 Å². The molecule has 0 radical (unpaired) electrons. The first-order valence-electron chi connectivity index (χ1n) is 6.74. The van der Waals surface area contributed by atoms with Crippen LogP contribution in [-0.4, -0.2) is 21.3 Å². The quantitative estimate of drug-likeness (QED) is 0.651. The molecule has 112 valence electrons. The van der Waals surface area contributed by atoms with E-state index in [0.29, 0.717) is 6.61 Å². The number of anilines is 1. The van der Waals surface area contributed by atoms with Gasteiger partial charge in [-0.1, -0.05) is 19.1 Å². The lowest BCUT2D eigenvalue weighted by atomic mass is 10.1. The van der Waals surface area contributed by atoms with Crippen LogP contribution in [0.5, 0.6) is 5.75 Å². The zero-order valence-corrected chi connectivity index (χ0v) is 12.0. The molecule has 7 heteroatoms. The Hall–Kier alpha value is -2.57. The Morgan fingerprint density at radius 2 is 2.10 bits per heavy atom. The van der Waals surface area contributed by atoms with E-state index in [4.69, 9.17) is 10.5 Å². The molecule has 2 aromatic rings. The van der Waals surface area contributed by atoms with E-state index in [1.807, 2.05) is 38.1 Å². The van der Waals surface area contributed by atoms with Gasteiger partial charge >= 0.3 is 5.69 Å². The molecule has 0 saturated heterocycles. The lowest BCUT2D eigenvalue weighted by Gasteiger charge is -2.14. The number of ether oxygens (including phenoxy) is 1. The number of nitrogen functional groups attached to an aromatic ring is 1. The normalized spacial score (nSPS) is 12.1. The van der Waals surface area contributed by atoms with Crippen LogP contribution >= 0.6 is 0 Å². The number of nitrogens with two attached hydrogens (primary N) is 1. The van der Waals surface area contributed by atoms with Crippen molar-refractivity contribution in [3.8, 4) is 5.75 Å². The highest BCUT2D eigenvalue weighted by molar-refractivity contribution is 5.52. The molecule has 1 aromatic heterocycles. The van der Waals surface area contributed by atoms with Crippen LogP contribution in [-0.2, 0) is 0 Å². The summed E-state index contributed by atoms with van der Waals surface area (Å²) in [6.07, 6.45) is 2.12. The van der Waals surface area contributed by atoms with E-state index in [9.17, 15) is 10.1 Å². The van der Waals surface area contributed by atoms with Crippen molar-refractivity contribution in [1.82, 2.24) is 9.78 Å². The molecule has 0 spiro atoms. The standard InChI is InChI=1S/C14H18N4O3/c1-3-8-21-12-6-4-11(5-7-12)10(2)17-14(15)13(9-16-17)18(19)20/h4-7,9-10H,3,8,15H2,1-2H3. The Labute approximate surface area is 122 Å². The fraction of sp³-hybridized carbons (Fsp3) is 0.357. The van der Waals surface area contributed by atoms with Crippen LogP contribution in [0.1, 0.15) is 31.9 Å². The molecule has 0 aliphatic heterocycles. The van der Waals surface area contributed by atoms with Gasteiger partial charge in [-0.15, -0.1) is 0 Å². The Balaban J connectivity index is 2.20. The van der Waals surface area contributed by atoms with Crippen molar-refractivity contribution in [3.63, 3.8) is 0 Å². The van der Waals surface area contributed by atoms with Gasteiger partial charge in [0.1, 0.15) is 11.9 Å². The van der Waals surface area contributed by atoms with E-state index < -0.39 is 4.92 Å². The summed E-state index contributed by atoms with van der Waals surface area (Å²) in [5, 5.41) is 14.8. The van der Waals surface area contributed by atoms with Crippen molar-refractivity contribution in [3.05, 3.63) is 46.1 Å². The molecule has 1 heterocycles. The molecule has 2 N–H and O–H groups in total. The number of nitrogens with zero attached hydrogens (tertiary/aromatic N) is 3. The van der Waals surface area contributed by atoms with E-state index in [0.717, 1.165) is 17.7 Å². The molecule has 0 aliphatic carbocycles. The van der Waals surface area contributed by atoms with Gasteiger partial charge in [0.2, 0.25) is 5.82 Å². The molecule has 0 saturated carbocycles. The Morgan fingerprint density at radius 1 is 1.43 bits per heavy atom. The van der Waals surface area contributed by atoms with Gasteiger partial charge in [-0.2, -0.15) is 5.10 Å². The van der Waals surface area contributed by atoms with Crippen LogP contribution in [0.3, 0.4) is 0 Å². The summed E-state index contributed by atoms with van der Waals surface area (Å²) in [5.41, 5.74) is 6.54. The third-order valence-corrected chi connectivity index (χ3v) is 3.21. The summed E-state index contributed by atoms with van der Waals surface area (Å²) in [6, 6.07) is 7.36. The molecule has 21 heavy (non-hydrogen) atoms. The monoisotopic (exact) mass is 290 g/mol. The highest BCUT2D eigenvalue weighted by Gasteiger charge is 2.21. The fourth-order valence-corrected chi connectivity index (χ4v) is 2.02. The summed E-state index contributed by atoms with van der Waals surface area (Å²) < 4.78 is 6.96. The van der Waals surface area contributed by atoms with Crippen LogP contribution in [0.25, 0.3) is 0 Å². The maximum absolute atomic E-state index is 10.8. The molecule has 0 fully saturated rings. The van der Waals surface area contributed by atoms with Gasteiger partial charge in [0, 0.05) is 0 Å². The van der Waals surface area contributed by atoms with Crippen molar-refractivity contribution in [2.75, 3.05) is 12.3 Å². The maximum atomic E-state index is 10.8. The average molecular weight is 290 g/mol. The first kappa shape index (κ1) is 14.8. The minimum Gasteiger partial charge on any atom is -0.494 e. The molecule has 1 unspecified atom stereocenters. The smallest absolute Gasteiger partial charge is 0.330 e. The largest absolute Gasteiger partial charge is 0.494 e. The van der Waals surface area contributed by atoms with Gasteiger partial charge in [-0.05, 0) is 31.0 Å². The predicted octanol–water partition coefficient (Wildman–Crippen LogP) is 2.77. The van der Waals surface area contributed by atoms with Crippen molar-refractivity contribution in [2.45, 2.75) is 26.3 Å². The van der Waals surface area contributed by atoms with E-state index in [-0.39, 0.29) is 17.5 Å². The van der Waals surface area contributed by atoms with Crippen molar-refractivity contribution in [2.24, 2.45) is 0 Å². The van der Waals surface area contributed by atoms with E-state index >= 15 is 0 Å². The van der Waals surface area contributed by atoms with Crippen molar-refractivity contribution < 1.29 is 9.66 Å². The van der Waals surface area contributed by atoms with E-state index in [1.54, 1.807) is 0 Å². The van der Waals surface area contributed by atoms with Gasteiger partial charge in [0.15, 0.2) is 0 Å². The van der Waals surface area contributed by atoms with Crippen molar-refractivity contribution >= 4 is 11.5 Å². The first-order chi connectivity index (χ1) is 10.0. The Kier molecular flexibility index (Phi) is 4.42. The number of rotatable bonds is 6. The average Bonchev–Trinajstić information content (AvgIpc) is 2.87. The molecule has 0 aliphatic rings. The van der Waals surface area contributed by atoms with E-state index in [2.05, 4.69) is 5.10 Å². The molecule has 1 atom stereocenters. The number of nitro groups is 1. The Bertz CT molecular complexity index is 622. The molecular weight excluding hydrogens is 272 g/mol. The van der Waals surface area contributed by atoms with Crippen LogP contribution in [0.15, 0.2) is 30.5 Å². The molecule has 1 aromatic carbocycles. The summed E-state index contributed by atoms with van der Waals surface area (Å²) in [6.45, 7) is 4.60. The topological polar surface area (TPSA) is 96.2 Å². The number of hydrogen-bond donors (Lipinski definition) is 1. The SMILES string of the molecule is CCCOc1ccc(C(C)n2ncc([N+](=O)[O-])c2N)cc1. The summed E-state index contributed by atoms with van der Waals surface area (Å²) in [5.74, 6) is 0.853. The number of benzene rings is 1. The zero-order valence-electron chi connectivity index (χ0n) is 12.0. The summed E-state index contributed by atoms with van der Waals surface area (Å²) >= 11 is 0. The molecule has 7 nitrogen and oxygen atoms in total. The van der Waals surface area contributed by atoms with Gasteiger partial charge in [0.25, 0.3) is 0 Å². The molecule has 0 amide bonds. The van der Waals surface area contributed by atoms with Crippen LogP contribution in [0, 0.1) is 10.1 Å². The second-order valence-electron chi connectivity index (χ2n) is 4.71. The highest BCUT2D eigenvalue weighted by Crippen LogP contribution is 2.27. The number of aromatic nitrogens is 2. The molecule has 2 rings (SSSR count). The predicted molar refractivity (Wildman–Crippen MR) is 79.3 cm³/mol. The molecule has 0 bridgehead atoms. The minimum absolute atomic E-state index is 0.0545. The zero-order chi connectivity index (χ0) is 15.4. The van der Waals surface area contributed by atoms with Crippen LogP contribution in [0.4, 0.5) is 11.5 Å². The second kappa shape index (κ2) is 6.25. The lowest BCUT2D eigenvalue weighted by molar-refractivity contribution is -0.384. The third kappa shape index (κ3) is 3.13. The minimum atomic E-state index is -0.534. The van der Waals surface area contributed by atoms with Gasteiger partial charge in [0.05, 0.1) is 17.6 Å². The van der Waals surface area contributed by atoms with Gasteiger partial charge in [-0.25, -0.2) is 4.68 Å². The second-order valence-corrected chi connectivity index (χ2v) is 4.71. The summed E-state index contributed by atoms with van der Waals surface area (Å²) in [7, 11) is 0. The fourth-order valence-electron chi connectivity index (χ4n) is 2.02. The van der Waals surface area contributed by atoms with Gasteiger partial charge in [-0.3, -0.25) is 10.1 Å². The Morgan fingerprint density at radius 3 is 2.62 bits per heavy atom. The third-order valence-electron chi connectivity index (χ3n) is 3.21. The van der Waals surface area contributed by atoms with Gasteiger partial charge < -0.3 is 10.5 Å². The highest BCUT2D eigenvalue weighted by atomic mass is 16.6. The van der Waals surface area contributed by atoms with Crippen LogP contribution in [0.2, 0.25) is 0 Å². The lowest BCUT2D eigenvalue weighted by Crippen LogP contribution is -2.12. The molecular formula is C14H18N4O3. The number of hydrogen-bond acceptors (Lipinski definition) is 5. The van der Waals surface area contributed by atoms with E-state index in [1.165, 1.54) is 10.9 Å². The first-order valence-corrected chi connectivity index (χ1v) is 6.74. The van der Waals surface area contributed by atoms with Crippen molar-refractivity contribution in [1.29, 1.82) is 0 Å². The summed E-state index contributed by atoms with van der Waals surface area (Å²) in [4.78, 5) is 10.3. The maximum Gasteiger partial charge on any atom is 0.330 e.